The highest BCUT2D eigenvalue weighted by Crippen LogP contribution is 2.17. The van der Waals surface area contributed by atoms with Crippen LogP contribution in [0.3, 0.4) is 0 Å². The number of rotatable bonds is 5. The Kier molecular flexibility index (Phi) is 4.29. The van der Waals surface area contributed by atoms with Crippen LogP contribution in [0.1, 0.15) is 6.92 Å². The summed E-state index contributed by atoms with van der Waals surface area (Å²) in [5.74, 6) is -2.17. The molecule has 20 heavy (non-hydrogen) atoms. The number of ether oxygens (including phenoxy) is 1. The van der Waals surface area contributed by atoms with Crippen LogP contribution < -0.4 is 5.32 Å². The number of carbonyl (C=O) groups excluding carboxylic acids is 1. The second kappa shape index (κ2) is 5.96. The van der Waals surface area contributed by atoms with Gasteiger partial charge >= 0.3 is 0 Å². The Morgan fingerprint density at radius 2 is 2.15 bits per heavy atom. The number of nitrogens with one attached hydrogen (secondary N) is 1. The molecule has 0 fully saturated rings. The molecule has 2 rings (SSSR count). The van der Waals surface area contributed by atoms with Crippen molar-refractivity contribution in [2.45, 2.75) is 19.5 Å². The normalized spacial score (nSPS) is 12.6. The van der Waals surface area contributed by atoms with E-state index in [9.17, 15) is 13.6 Å². The summed E-state index contributed by atoms with van der Waals surface area (Å²) >= 11 is 0. The van der Waals surface area contributed by atoms with Crippen LogP contribution >= 0.6 is 0 Å². The molecule has 0 saturated carbocycles. The molecule has 5 nitrogen and oxygen atoms in total. The number of hydrogen-bond acceptors (Lipinski definition) is 3. The lowest BCUT2D eigenvalue weighted by atomic mass is 10.3. The third-order valence-corrected chi connectivity index (χ3v) is 2.80. The van der Waals surface area contributed by atoms with Crippen LogP contribution in [0.4, 0.5) is 8.78 Å². The number of aromatic nitrogens is 2. The van der Waals surface area contributed by atoms with Crippen LogP contribution in [-0.4, -0.2) is 35.2 Å². The fraction of sp³-hybridized carbons (Fsp3) is 0.385. The average Bonchev–Trinajstić information content (AvgIpc) is 2.72. The van der Waals surface area contributed by atoms with Crippen molar-refractivity contribution in [1.82, 2.24) is 14.9 Å². The van der Waals surface area contributed by atoms with Crippen LogP contribution in [0.2, 0.25) is 0 Å². The molecule has 0 bridgehead atoms. The fourth-order valence-corrected chi connectivity index (χ4v) is 1.95. The highest BCUT2D eigenvalue weighted by Gasteiger charge is 2.12. The molecule has 1 unspecified atom stereocenters. The van der Waals surface area contributed by atoms with Gasteiger partial charge in [-0.05, 0) is 6.92 Å². The summed E-state index contributed by atoms with van der Waals surface area (Å²) < 4.78 is 32.7. The number of halogens is 2. The Morgan fingerprint density at radius 1 is 1.45 bits per heavy atom. The maximum Gasteiger partial charge on any atom is 0.240 e. The fourth-order valence-electron chi connectivity index (χ4n) is 1.95. The molecule has 1 aromatic carbocycles. The van der Waals surface area contributed by atoms with Crippen LogP contribution in [0.15, 0.2) is 18.5 Å². The van der Waals surface area contributed by atoms with Crippen LogP contribution in [-0.2, 0) is 16.1 Å². The quantitative estimate of drug-likeness (QED) is 0.904. The van der Waals surface area contributed by atoms with E-state index in [1.54, 1.807) is 7.11 Å². The van der Waals surface area contributed by atoms with Gasteiger partial charge < -0.3 is 14.6 Å². The number of amides is 1. The zero-order valence-corrected chi connectivity index (χ0v) is 11.2. The van der Waals surface area contributed by atoms with Crippen molar-refractivity contribution in [2.24, 2.45) is 0 Å². The van der Waals surface area contributed by atoms with Crippen molar-refractivity contribution in [3.05, 3.63) is 30.1 Å². The summed E-state index contributed by atoms with van der Waals surface area (Å²) in [4.78, 5) is 15.7. The molecular weight excluding hydrogens is 268 g/mol. The summed E-state index contributed by atoms with van der Waals surface area (Å²) in [7, 11) is 1.54. The zero-order chi connectivity index (χ0) is 14.7. The lowest BCUT2D eigenvalue weighted by Crippen LogP contribution is -2.37. The van der Waals surface area contributed by atoms with E-state index >= 15 is 0 Å². The van der Waals surface area contributed by atoms with Gasteiger partial charge in [0.2, 0.25) is 5.91 Å². The molecule has 0 aliphatic rings. The summed E-state index contributed by atoms with van der Waals surface area (Å²) in [6, 6.07) is 1.91. The molecule has 1 amide bonds. The average molecular weight is 283 g/mol. The number of benzene rings is 1. The number of nitrogens with zero attached hydrogens (tertiary/aromatic N) is 2. The minimum atomic E-state index is -0.965. The van der Waals surface area contributed by atoms with E-state index in [0.29, 0.717) is 17.6 Å². The van der Waals surface area contributed by atoms with Gasteiger partial charge in [0.15, 0.2) is 11.6 Å². The second-order valence-electron chi connectivity index (χ2n) is 4.55. The summed E-state index contributed by atoms with van der Waals surface area (Å²) in [6.45, 7) is 2.19. The van der Waals surface area contributed by atoms with E-state index in [4.69, 9.17) is 4.74 Å². The number of methoxy groups -OCH3 is 1. The first-order valence-electron chi connectivity index (χ1n) is 6.09. The second-order valence-corrected chi connectivity index (χ2v) is 4.55. The van der Waals surface area contributed by atoms with E-state index in [0.717, 1.165) is 12.1 Å². The van der Waals surface area contributed by atoms with Gasteiger partial charge in [0.1, 0.15) is 6.54 Å². The van der Waals surface area contributed by atoms with Crippen molar-refractivity contribution in [1.29, 1.82) is 0 Å². The van der Waals surface area contributed by atoms with E-state index in [2.05, 4.69) is 10.3 Å². The van der Waals surface area contributed by atoms with Gasteiger partial charge in [-0.2, -0.15) is 0 Å². The van der Waals surface area contributed by atoms with Crippen molar-refractivity contribution in [3.63, 3.8) is 0 Å². The SMILES string of the molecule is COCC(C)NC(=O)Cn1cnc2cc(F)c(F)cc21. The molecule has 0 spiro atoms. The predicted octanol–water partition coefficient (Wildman–Crippen LogP) is 1.47. The molecule has 0 aliphatic carbocycles. The van der Waals surface area contributed by atoms with Gasteiger partial charge in [-0.25, -0.2) is 13.8 Å². The van der Waals surface area contributed by atoms with E-state index in [1.165, 1.54) is 10.9 Å². The molecular formula is C13H15F2N3O2. The van der Waals surface area contributed by atoms with Gasteiger partial charge in [0.25, 0.3) is 0 Å². The van der Waals surface area contributed by atoms with Crippen molar-refractivity contribution in [3.8, 4) is 0 Å². The molecule has 1 atom stereocenters. The molecule has 1 heterocycles. The Balaban J connectivity index is 2.14. The monoisotopic (exact) mass is 283 g/mol. The van der Waals surface area contributed by atoms with E-state index < -0.39 is 11.6 Å². The first kappa shape index (κ1) is 14.4. The van der Waals surface area contributed by atoms with Crippen molar-refractivity contribution < 1.29 is 18.3 Å². The molecule has 108 valence electrons. The number of imidazole rings is 1. The van der Waals surface area contributed by atoms with Crippen LogP contribution in [0.5, 0.6) is 0 Å². The van der Waals surface area contributed by atoms with Crippen LogP contribution in [0, 0.1) is 11.6 Å². The summed E-state index contributed by atoms with van der Waals surface area (Å²) in [6.07, 6.45) is 1.38. The predicted molar refractivity (Wildman–Crippen MR) is 69.1 cm³/mol. The summed E-state index contributed by atoms with van der Waals surface area (Å²) in [5.41, 5.74) is 0.681. The zero-order valence-electron chi connectivity index (χ0n) is 11.2. The first-order valence-corrected chi connectivity index (χ1v) is 6.09. The standard InChI is InChI=1S/C13H15F2N3O2/c1-8(6-20-2)17-13(19)5-18-7-16-11-3-9(14)10(15)4-12(11)18/h3-4,7-8H,5-6H2,1-2H3,(H,17,19). The molecule has 7 heteroatoms. The molecule has 1 N–H and O–H groups in total. The van der Waals surface area contributed by atoms with Gasteiger partial charge in [-0.3, -0.25) is 4.79 Å². The Hall–Kier alpha value is -2.02. The lowest BCUT2D eigenvalue weighted by molar-refractivity contribution is -0.122. The lowest BCUT2D eigenvalue weighted by Gasteiger charge is -2.13. The highest BCUT2D eigenvalue weighted by molar-refractivity contribution is 5.80. The largest absolute Gasteiger partial charge is 0.383 e. The van der Waals surface area contributed by atoms with Crippen molar-refractivity contribution in [2.75, 3.05) is 13.7 Å². The van der Waals surface area contributed by atoms with Gasteiger partial charge in [-0.1, -0.05) is 0 Å². The maximum absolute atomic E-state index is 13.2. The van der Waals surface area contributed by atoms with E-state index in [-0.39, 0.29) is 18.5 Å². The highest BCUT2D eigenvalue weighted by atomic mass is 19.2. The smallest absolute Gasteiger partial charge is 0.240 e. The van der Waals surface area contributed by atoms with Gasteiger partial charge in [-0.15, -0.1) is 0 Å². The minimum absolute atomic E-state index is 0.0182. The minimum Gasteiger partial charge on any atom is -0.383 e. The maximum atomic E-state index is 13.2. The van der Waals surface area contributed by atoms with Gasteiger partial charge in [0, 0.05) is 25.3 Å². The number of carbonyl (C=O) groups is 1. The van der Waals surface area contributed by atoms with Crippen LogP contribution in [0.25, 0.3) is 11.0 Å². The van der Waals surface area contributed by atoms with Gasteiger partial charge in [0.05, 0.1) is 24.0 Å². The van der Waals surface area contributed by atoms with E-state index in [1.807, 2.05) is 6.92 Å². The third-order valence-electron chi connectivity index (χ3n) is 2.80. The Morgan fingerprint density at radius 3 is 2.85 bits per heavy atom. The molecule has 0 aliphatic heterocycles. The molecule has 0 saturated heterocycles. The first-order chi connectivity index (χ1) is 9.51. The third kappa shape index (κ3) is 3.11. The number of fused-ring (bicyclic) bond motifs is 1. The molecule has 2 aromatic rings. The topological polar surface area (TPSA) is 56.1 Å². The summed E-state index contributed by atoms with van der Waals surface area (Å²) in [5, 5.41) is 2.73. The van der Waals surface area contributed by atoms with Crippen molar-refractivity contribution >= 4 is 16.9 Å². The Bertz CT molecular complexity index is 627. The Labute approximate surface area is 114 Å². The molecule has 1 aromatic heterocycles. The number of hydrogen-bond donors (Lipinski definition) is 1. The molecule has 0 radical (unpaired) electrons.